The van der Waals surface area contributed by atoms with Crippen LogP contribution in [0.3, 0.4) is 0 Å². The Morgan fingerprint density at radius 1 is 1.04 bits per heavy atom. The molecule has 0 N–H and O–H groups in total. The maximum atomic E-state index is 13.3. The Morgan fingerprint density at radius 2 is 1.71 bits per heavy atom. The second kappa shape index (κ2) is 9.07. The van der Waals surface area contributed by atoms with Crippen LogP contribution in [0.1, 0.15) is 28.4 Å². The van der Waals surface area contributed by atoms with E-state index in [2.05, 4.69) is 37.8 Å². The summed E-state index contributed by atoms with van der Waals surface area (Å²) in [4.78, 5) is 23.3. The molecular weight excluding hydrogens is 386 g/mol. The van der Waals surface area contributed by atoms with Gasteiger partial charge in [-0.15, -0.1) is 11.8 Å². The monoisotopic (exact) mass is 413 g/mol. The van der Waals surface area contributed by atoms with Crippen molar-refractivity contribution in [2.24, 2.45) is 0 Å². The number of amides is 1. The number of fused-ring (bicyclic) bond motifs is 1. The van der Waals surface area contributed by atoms with E-state index in [1.807, 2.05) is 43.3 Å². The van der Waals surface area contributed by atoms with Crippen molar-refractivity contribution < 1.29 is 4.79 Å². The van der Waals surface area contributed by atoms with Gasteiger partial charge in [-0.05, 0) is 69.1 Å². The quantitative estimate of drug-likeness (QED) is 0.497. The lowest BCUT2D eigenvalue weighted by Gasteiger charge is -2.22. The van der Waals surface area contributed by atoms with E-state index in [0.29, 0.717) is 12.1 Å². The Bertz CT molecular complexity index is 925. The minimum Gasteiger partial charge on any atom is -0.308 e. The van der Waals surface area contributed by atoms with E-state index in [9.17, 15) is 4.79 Å². The highest BCUT2D eigenvalue weighted by molar-refractivity contribution is 7.99. The van der Waals surface area contributed by atoms with Crippen LogP contribution in [-0.4, -0.2) is 48.7 Å². The normalized spacial score (nSPS) is 11.4. The number of aryl methyl sites for hydroxylation is 2. The van der Waals surface area contributed by atoms with Gasteiger partial charge in [0.15, 0.2) is 5.13 Å². The number of hydrogen-bond acceptors (Lipinski definition) is 5. The van der Waals surface area contributed by atoms with Gasteiger partial charge in [0.2, 0.25) is 0 Å². The van der Waals surface area contributed by atoms with Crippen LogP contribution in [0.5, 0.6) is 0 Å². The van der Waals surface area contributed by atoms with E-state index >= 15 is 0 Å². The number of anilines is 1. The van der Waals surface area contributed by atoms with Crippen LogP contribution in [0.25, 0.3) is 10.2 Å². The Balaban J connectivity index is 1.97. The van der Waals surface area contributed by atoms with Gasteiger partial charge in [0.1, 0.15) is 0 Å². The fourth-order valence-electron chi connectivity index (χ4n) is 2.96. The maximum Gasteiger partial charge on any atom is 0.260 e. The van der Waals surface area contributed by atoms with E-state index in [0.717, 1.165) is 33.2 Å². The molecule has 1 heterocycles. The summed E-state index contributed by atoms with van der Waals surface area (Å²) in [5.74, 6) is 1.02. The number of likely N-dealkylation sites (N-methyl/N-ethyl adjacent to an activating group) is 1. The van der Waals surface area contributed by atoms with Crippen molar-refractivity contribution in [1.82, 2.24) is 9.88 Å². The second-order valence-corrected chi connectivity index (χ2v) is 9.41. The average Bonchev–Trinajstić information content (AvgIpc) is 3.12. The average molecular weight is 414 g/mol. The Kier molecular flexibility index (Phi) is 6.75. The molecule has 3 rings (SSSR count). The van der Waals surface area contributed by atoms with Crippen molar-refractivity contribution in [1.29, 1.82) is 0 Å². The van der Waals surface area contributed by atoms with Crippen molar-refractivity contribution in [3.8, 4) is 0 Å². The lowest BCUT2D eigenvalue weighted by molar-refractivity contribution is 0.0985. The molecule has 0 bridgehead atoms. The number of thiazole rings is 1. The van der Waals surface area contributed by atoms with E-state index in [1.54, 1.807) is 23.1 Å². The predicted octanol–water partition coefficient (Wildman–Crippen LogP) is 5.23. The molecule has 0 spiro atoms. The van der Waals surface area contributed by atoms with Crippen LogP contribution < -0.4 is 4.90 Å². The van der Waals surface area contributed by atoms with Gasteiger partial charge in [0.25, 0.3) is 5.91 Å². The first-order valence-corrected chi connectivity index (χ1v) is 11.3. The summed E-state index contributed by atoms with van der Waals surface area (Å²) < 4.78 is 1.16. The highest BCUT2D eigenvalue weighted by Crippen LogP contribution is 2.33. The van der Waals surface area contributed by atoms with E-state index < -0.39 is 0 Å². The Labute approximate surface area is 175 Å². The summed E-state index contributed by atoms with van der Waals surface area (Å²) in [7, 11) is 4.04. The highest BCUT2D eigenvalue weighted by Gasteiger charge is 2.22. The number of nitrogens with zero attached hydrogens (tertiary/aromatic N) is 3. The molecule has 148 valence electrons. The van der Waals surface area contributed by atoms with Crippen LogP contribution in [0.15, 0.2) is 41.3 Å². The molecule has 0 fully saturated rings. The van der Waals surface area contributed by atoms with Gasteiger partial charge in [0.05, 0.1) is 10.2 Å². The number of carbonyl (C=O) groups is 1. The summed E-state index contributed by atoms with van der Waals surface area (Å²) in [6.07, 6.45) is 0. The lowest BCUT2D eigenvalue weighted by atomic mass is 10.1. The van der Waals surface area contributed by atoms with Crippen LogP contribution in [0.2, 0.25) is 0 Å². The highest BCUT2D eigenvalue weighted by atomic mass is 32.2. The van der Waals surface area contributed by atoms with Gasteiger partial charge >= 0.3 is 0 Å². The Morgan fingerprint density at radius 3 is 2.32 bits per heavy atom. The summed E-state index contributed by atoms with van der Waals surface area (Å²) in [5.41, 5.74) is 4.04. The number of benzene rings is 2. The molecule has 0 aliphatic heterocycles. The maximum absolute atomic E-state index is 13.3. The van der Waals surface area contributed by atoms with Gasteiger partial charge in [-0.1, -0.05) is 30.4 Å². The van der Waals surface area contributed by atoms with Gasteiger partial charge in [-0.2, -0.15) is 0 Å². The lowest BCUT2D eigenvalue weighted by Crippen LogP contribution is -2.36. The number of thioether (sulfide) groups is 1. The third-order valence-corrected chi connectivity index (χ3v) is 6.70. The van der Waals surface area contributed by atoms with Crippen molar-refractivity contribution in [3.05, 3.63) is 53.1 Å². The van der Waals surface area contributed by atoms with E-state index in [-0.39, 0.29) is 5.91 Å². The molecule has 0 saturated carbocycles. The third-order valence-electron chi connectivity index (χ3n) is 4.59. The SMILES string of the molecule is CCSc1ccc(C(=O)N(CCN(C)C)c2nc3c(C)ccc(C)c3s2)cc1. The molecule has 0 aliphatic rings. The number of rotatable bonds is 7. The summed E-state index contributed by atoms with van der Waals surface area (Å²) in [6, 6.07) is 12.1. The fourth-order valence-corrected chi connectivity index (χ4v) is 4.76. The van der Waals surface area contributed by atoms with Crippen molar-refractivity contribution in [2.45, 2.75) is 25.7 Å². The molecule has 0 radical (unpaired) electrons. The number of aromatic nitrogens is 1. The van der Waals surface area contributed by atoms with Gasteiger partial charge in [0, 0.05) is 23.5 Å². The van der Waals surface area contributed by atoms with Crippen LogP contribution in [0, 0.1) is 13.8 Å². The molecule has 3 aromatic rings. The Hall–Kier alpha value is -1.89. The first kappa shape index (κ1) is 20.8. The van der Waals surface area contributed by atoms with Gasteiger partial charge < -0.3 is 4.90 Å². The molecule has 0 atom stereocenters. The summed E-state index contributed by atoms with van der Waals surface area (Å²) in [5, 5.41) is 0.770. The largest absolute Gasteiger partial charge is 0.308 e. The fraction of sp³-hybridized carbons (Fsp3) is 0.364. The topological polar surface area (TPSA) is 36.4 Å². The summed E-state index contributed by atoms with van der Waals surface area (Å²) in [6.45, 7) is 7.68. The third kappa shape index (κ3) is 4.57. The molecule has 6 heteroatoms. The van der Waals surface area contributed by atoms with Gasteiger partial charge in [-0.25, -0.2) is 4.98 Å². The molecule has 2 aromatic carbocycles. The zero-order valence-electron chi connectivity index (χ0n) is 17.2. The first-order valence-electron chi connectivity index (χ1n) is 9.47. The smallest absolute Gasteiger partial charge is 0.260 e. The first-order chi connectivity index (χ1) is 13.4. The van der Waals surface area contributed by atoms with E-state index in [1.165, 1.54) is 10.5 Å². The van der Waals surface area contributed by atoms with Crippen molar-refractivity contribution >= 4 is 44.4 Å². The number of hydrogen-bond donors (Lipinski definition) is 0. The predicted molar refractivity (Wildman–Crippen MR) is 122 cm³/mol. The molecule has 1 aromatic heterocycles. The standard InChI is InChI=1S/C22H27N3OS2/c1-6-27-18-11-9-17(10-12-18)21(26)25(14-13-24(4)5)22-23-19-15(2)7-8-16(3)20(19)28-22/h7-12H,6,13-14H2,1-5H3. The molecule has 0 unspecified atom stereocenters. The van der Waals surface area contributed by atoms with Crippen LogP contribution >= 0.6 is 23.1 Å². The number of carbonyl (C=O) groups excluding carboxylic acids is 1. The zero-order valence-corrected chi connectivity index (χ0v) is 18.8. The minimum absolute atomic E-state index is 0.00395. The van der Waals surface area contributed by atoms with Crippen molar-refractivity contribution in [2.75, 3.05) is 37.8 Å². The van der Waals surface area contributed by atoms with E-state index in [4.69, 9.17) is 4.98 Å². The second-order valence-electron chi connectivity index (χ2n) is 7.09. The molecule has 28 heavy (non-hydrogen) atoms. The molecule has 0 aliphatic carbocycles. The minimum atomic E-state index is 0.00395. The zero-order chi connectivity index (χ0) is 20.3. The van der Waals surface area contributed by atoms with Gasteiger partial charge in [-0.3, -0.25) is 9.69 Å². The summed E-state index contributed by atoms with van der Waals surface area (Å²) >= 11 is 3.38. The van der Waals surface area contributed by atoms with Crippen molar-refractivity contribution in [3.63, 3.8) is 0 Å². The molecule has 4 nitrogen and oxygen atoms in total. The molecule has 0 saturated heterocycles. The van der Waals surface area contributed by atoms with Crippen LogP contribution in [-0.2, 0) is 0 Å². The molecule has 1 amide bonds. The van der Waals surface area contributed by atoms with Crippen LogP contribution in [0.4, 0.5) is 5.13 Å². The molecular formula is C22H27N3OS2.